The van der Waals surface area contributed by atoms with Crippen LogP contribution in [0.15, 0.2) is 29.7 Å². The van der Waals surface area contributed by atoms with Gasteiger partial charge in [-0.15, -0.1) is 11.3 Å². The van der Waals surface area contributed by atoms with Gasteiger partial charge in [0.25, 0.3) is 11.8 Å². The zero-order valence-electron chi connectivity index (χ0n) is 14.5. The molecule has 0 spiro atoms. The number of fused-ring (bicyclic) bond motifs is 1. The average molecular weight is 390 g/mol. The molecule has 1 saturated heterocycles. The van der Waals surface area contributed by atoms with Crippen LogP contribution in [0.2, 0.25) is 0 Å². The molecule has 1 fully saturated rings. The van der Waals surface area contributed by atoms with Crippen molar-refractivity contribution < 1.29 is 28.7 Å². The predicted octanol–water partition coefficient (Wildman–Crippen LogP) is 0.887. The molecule has 4 amide bonds. The number of carbonyl (C=O) groups is 5. The molecule has 0 saturated carbocycles. The number of carbonyl (C=O) groups excluding carboxylic acids is 5. The van der Waals surface area contributed by atoms with E-state index in [0.717, 1.165) is 4.90 Å². The number of allylic oxidation sites excluding steroid dienone is 2. The molecule has 9 heteroatoms. The second kappa shape index (κ2) is 7.83. The van der Waals surface area contributed by atoms with Gasteiger partial charge >= 0.3 is 5.97 Å². The van der Waals surface area contributed by atoms with Crippen molar-refractivity contribution in [3.05, 3.63) is 34.5 Å². The smallest absolute Gasteiger partial charge is 0.329 e. The van der Waals surface area contributed by atoms with E-state index in [1.54, 1.807) is 17.5 Å². The average Bonchev–Trinajstić information content (AvgIpc) is 3.28. The van der Waals surface area contributed by atoms with Crippen molar-refractivity contribution in [1.29, 1.82) is 0 Å². The number of nitrogens with one attached hydrogen (secondary N) is 1. The number of thiophene rings is 1. The minimum Gasteiger partial charge on any atom is -0.454 e. The maximum absolute atomic E-state index is 12.5. The summed E-state index contributed by atoms with van der Waals surface area (Å²) in [7, 11) is 0. The van der Waals surface area contributed by atoms with E-state index in [0.29, 0.717) is 17.7 Å². The Balaban J connectivity index is 1.53. The molecule has 1 aliphatic heterocycles. The molecule has 0 radical (unpaired) electrons. The lowest BCUT2D eigenvalue weighted by atomic mass is 9.85. The molecule has 1 aromatic rings. The molecule has 3 rings (SSSR count). The zero-order chi connectivity index (χ0) is 19.6. The number of nitrogens with zero attached hydrogens (tertiary/aromatic N) is 1. The molecule has 0 aromatic carbocycles. The third-order valence-electron chi connectivity index (χ3n) is 4.61. The van der Waals surface area contributed by atoms with Crippen LogP contribution in [0.5, 0.6) is 0 Å². The van der Waals surface area contributed by atoms with Gasteiger partial charge in [0.05, 0.1) is 16.7 Å². The van der Waals surface area contributed by atoms with Crippen molar-refractivity contribution in [2.24, 2.45) is 11.8 Å². The molecule has 27 heavy (non-hydrogen) atoms. The number of amides is 4. The van der Waals surface area contributed by atoms with E-state index >= 15 is 0 Å². The highest BCUT2D eigenvalue weighted by Crippen LogP contribution is 2.36. The summed E-state index contributed by atoms with van der Waals surface area (Å²) >= 11 is 1.17. The van der Waals surface area contributed by atoms with Gasteiger partial charge < -0.3 is 4.74 Å². The molecule has 2 heterocycles. The Labute approximate surface area is 159 Å². The lowest BCUT2D eigenvalue weighted by Gasteiger charge is -2.21. The van der Waals surface area contributed by atoms with Crippen molar-refractivity contribution in [2.75, 3.05) is 6.61 Å². The number of imide groups is 2. The lowest BCUT2D eigenvalue weighted by Crippen LogP contribution is -2.45. The topological polar surface area (TPSA) is 110 Å². The Morgan fingerprint density at radius 2 is 1.85 bits per heavy atom. The second-order valence-electron chi connectivity index (χ2n) is 6.34. The van der Waals surface area contributed by atoms with E-state index in [9.17, 15) is 24.0 Å². The summed E-state index contributed by atoms with van der Waals surface area (Å²) in [5, 5.41) is 3.80. The van der Waals surface area contributed by atoms with Gasteiger partial charge in [-0.3, -0.25) is 29.4 Å². The normalized spacial score (nSPS) is 22.3. The van der Waals surface area contributed by atoms with Crippen LogP contribution < -0.4 is 5.32 Å². The monoisotopic (exact) mass is 390 g/mol. The van der Waals surface area contributed by atoms with E-state index in [1.807, 2.05) is 12.2 Å². The highest BCUT2D eigenvalue weighted by Gasteiger charge is 2.50. The molecule has 142 valence electrons. The van der Waals surface area contributed by atoms with Gasteiger partial charge in [0, 0.05) is 0 Å². The summed E-state index contributed by atoms with van der Waals surface area (Å²) in [5.41, 5.74) is 0. The maximum Gasteiger partial charge on any atom is 0.329 e. The van der Waals surface area contributed by atoms with Crippen LogP contribution in [-0.2, 0) is 23.9 Å². The minimum absolute atomic E-state index is 0.354. The molecule has 0 unspecified atom stereocenters. The summed E-state index contributed by atoms with van der Waals surface area (Å²) in [6, 6.07) is 2.10. The first kappa shape index (κ1) is 19.0. The number of hydrogen-bond acceptors (Lipinski definition) is 7. The molecule has 2 aliphatic rings. The van der Waals surface area contributed by atoms with Crippen LogP contribution in [0, 0.1) is 11.8 Å². The van der Waals surface area contributed by atoms with Crippen LogP contribution in [0.3, 0.4) is 0 Å². The Bertz CT molecular complexity index is 790. The highest BCUT2D eigenvalue weighted by molar-refractivity contribution is 7.12. The van der Waals surface area contributed by atoms with Gasteiger partial charge in [-0.05, 0) is 31.2 Å². The quantitative estimate of drug-likeness (QED) is 0.454. The Kier molecular flexibility index (Phi) is 5.50. The number of ether oxygens (including phenoxy) is 1. The fourth-order valence-corrected chi connectivity index (χ4v) is 3.82. The van der Waals surface area contributed by atoms with Crippen molar-refractivity contribution in [1.82, 2.24) is 10.2 Å². The summed E-state index contributed by atoms with van der Waals surface area (Å²) in [6.07, 6.45) is 4.66. The van der Waals surface area contributed by atoms with E-state index in [-0.39, 0.29) is 0 Å². The Morgan fingerprint density at radius 3 is 2.41 bits per heavy atom. The van der Waals surface area contributed by atoms with Gasteiger partial charge in [0.2, 0.25) is 11.8 Å². The van der Waals surface area contributed by atoms with E-state index in [1.165, 1.54) is 18.3 Å². The Hall–Kier alpha value is -2.81. The third-order valence-corrected chi connectivity index (χ3v) is 5.48. The highest BCUT2D eigenvalue weighted by atomic mass is 32.1. The maximum atomic E-state index is 12.5. The number of likely N-dealkylation sites (tertiary alicyclic amines) is 1. The van der Waals surface area contributed by atoms with Gasteiger partial charge in [-0.25, -0.2) is 4.79 Å². The molecule has 3 atom stereocenters. The van der Waals surface area contributed by atoms with Gasteiger partial charge in [-0.1, -0.05) is 18.2 Å². The number of esters is 1. The molecule has 0 bridgehead atoms. The van der Waals surface area contributed by atoms with Crippen molar-refractivity contribution in [3.63, 3.8) is 0 Å². The molecule has 8 nitrogen and oxygen atoms in total. The molecular weight excluding hydrogens is 372 g/mol. The van der Waals surface area contributed by atoms with Crippen LogP contribution in [0.25, 0.3) is 0 Å². The predicted molar refractivity (Wildman–Crippen MR) is 94.4 cm³/mol. The fraction of sp³-hybridized carbons (Fsp3) is 0.389. The largest absolute Gasteiger partial charge is 0.454 e. The van der Waals surface area contributed by atoms with Crippen LogP contribution in [-0.4, -0.2) is 47.1 Å². The summed E-state index contributed by atoms with van der Waals surface area (Å²) in [4.78, 5) is 61.9. The third kappa shape index (κ3) is 3.82. The SMILES string of the molecule is C[C@@H](C(=O)OCC(=O)NC(=O)c1cccs1)N1C(=O)[C@H]2CC=CC[C@@H]2C1=O. The summed E-state index contributed by atoms with van der Waals surface area (Å²) < 4.78 is 4.88. The zero-order valence-corrected chi connectivity index (χ0v) is 15.4. The first-order valence-electron chi connectivity index (χ1n) is 8.46. The second-order valence-corrected chi connectivity index (χ2v) is 7.29. The van der Waals surface area contributed by atoms with Crippen LogP contribution in [0.1, 0.15) is 29.4 Å². The summed E-state index contributed by atoms with van der Waals surface area (Å²) in [5.74, 6) is -3.91. The first-order valence-corrected chi connectivity index (χ1v) is 9.34. The van der Waals surface area contributed by atoms with Crippen LogP contribution >= 0.6 is 11.3 Å². The van der Waals surface area contributed by atoms with Gasteiger partial charge in [0.1, 0.15) is 6.04 Å². The minimum atomic E-state index is -1.13. The van der Waals surface area contributed by atoms with Crippen molar-refractivity contribution in [3.8, 4) is 0 Å². The number of rotatable bonds is 5. The fourth-order valence-electron chi connectivity index (χ4n) is 3.20. The molecule has 1 N–H and O–H groups in total. The molecule has 1 aromatic heterocycles. The molecular formula is C18H18N2O6S. The van der Waals surface area contributed by atoms with E-state index in [4.69, 9.17) is 4.74 Å². The van der Waals surface area contributed by atoms with Crippen molar-refractivity contribution >= 4 is 40.9 Å². The summed E-state index contributed by atoms with van der Waals surface area (Å²) in [6.45, 7) is 0.711. The van der Waals surface area contributed by atoms with Crippen LogP contribution in [0.4, 0.5) is 0 Å². The standard InChI is InChI=1S/C18H18N2O6S/c1-10(20-16(23)11-5-2-3-6-12(11)17(20)24)18(25)26-9-14(21)19-15(22)13-7-4-8-27-13/h2-4,7-8,10-12H,5-6,9H2,1H3,(H,19,21,22)/t10-,11-,12-/m0/s1. The van der Waals surface area contributed by atoms with E-state index in [2.05, 4.69) is 5.32 Å². The van der Waals surface area contributed by atoms with Gasteiger partial charge in [-0.2, -0.15) is 0 Å². The van der Waals surface area contributed by atoms with Crippen molar-refractivity contribution in [2.45, 2.75) is 25.8 Å². The molecule has 1 aliphatic carbocycles. The van der Waals surface area contributed by atoms with E-state index < -0.39 is 54.1 Å². The van der Waals surface area contributed by atoms with Gasteiger partial charge in [0.15, 0.2) is 6.61 Å². The number of hydrogen-bond donors (Lipinski definition) is 1. The lowest BCUT2D eigenvalue weighted by molar-refractivity contribution is -0.159. The Morgan fingerprint density at radius 1 is 1.22 bits per heavy atom. The first-order chi connectivity index (χ1) is 12.9.